The summed E-state index contributed by atoms with van der Waals surface area (Å²) in [5.74, 6) is 0.213. The van der Waals surface area contributed by atoms with E-state index in [1.807, 2.05) is 37.4 Å². The molecule has 1 nitrogen and oxygen atoms in total. The van der Waals surface area contributed by atoms with Gasteiger partial charge in [-0.2, -0.15) is 0 Å². The molecule has 0 unspecified atom stereocenters. The molecule has 0 fully saturated rings. The van der Waals surface area contributed by atoms with Crippen LogP contribution in [0.2, 0.25) is 0 Å². The Morgan fingerprint density at radius 3 is 2.39 bits per heavy atom. The van der Waals surface area contributed by atoms with Gasteiger partial charge >= 0.3 is 0 Å². The van der Waals surface area contributed by atoms with Crippen molar-refractivity contribution in [3.8, 4) is 22.4 Å². The number of nitrogens with zero attached hydrogens (tertiary/aromatic N) is 1. The lowest BCUT2D eigenvalue weighted by atomic mass is 9.90. The molecule has 1 heterocycles. The van der Waals surface area contributed by atoms with Gasteiger partial charge in [0, 0.05) is 11.8 Å². The summed E-state index contributed by atoms with van der Waals surface area (Å²) < 4.78 is 13.4. The lowest BCUT2D eigenvalue weighted by Gasteiger charge is -2.15. The van der Waals surface area contributed by atoms with E-state index in [9.17, 15) is 4.39 Å². The van der Waals surface area contributed by atoms with E-state index in [1.54, 1.807) is 6.07 Å². The summed E-state index contributed by atoms with van der Waals surface area (Å²) in [7, 11) is 0. The fourth-order valence-corrected chi connectivity index (χ4v) is 2.92. The van der Waals surface area contributed by atoms with Crippen LogP contribution in [0.1, 0.15) is 30.9 Å². The molecule has 0 saturated heterocycles. The van der Waals surface area contributed by atoms with E-state index in [0.717, 1.165) is 27.9 Å². The molecular weight excluding hydrogens is 285 g/mol. The molecule has 0 amide bonds. The Hall–Kier alpha value is -2.48. The van der Waals surface area contributed by atoms with Gasteiger partial charge in [0.2, 0.25) is 0 Å². The van der Waals surface area contributed by atoms with Gasteiger partial charge in [-0.05, 0) is 65.4 Å². The fourth-order valence-electron chi connectivity index (χ4n) is 2.92. The SMILES string of the molecule is Cc1cc(F)ccc1-c1ccc(C(C)C)c(-c2ccccn2)c1. The number of hydrogen-bond acceptors (Lipinski definition) is 1. The molecule has 2 heteroatoms. The smallest absolute Gasteiger partial charge is 0.123 e. The molecule has 0 atom stereocenters. The highest BCUT2D eigenvalue weighted by atomic mass is 19.1. The molecule has 0 spiro atoms. The molecule has 0 aliphatic rings. The number of pyridine rings is 1. The largest absolute Gasteiger partial charge is 0.256 e. The van der Waals surface area contributed by atoms with E-state index in [-0.39, 0.29) is 5.82 Å². The average molecular weight is 305 g/mol. The second kappa shape index (κ2) is 6.33. The number of aryl methyl sites for hydroxylation is 1. The summed E-state index contributed by atoms with van der Waals surface area (Å²) in [6, 6.07) is 17.3. The standard InChI is InChI=1S/C21H20FN/c1-14(2)18-9-7-16(19-10-8-17(22)12-15(19)3)13-20(18)21-6-4-5-11-23-21/h4-14H,1-3H3. The highest BCUT2D eigenvalue weighted by molar-refractivity contribution is 5.75. The Kier molecular flexibility index (Phi) is 4.24. The van der Waals surface area contributed by atoms with Gasteiger partial charge in [-0.1, -0.05) is 38.1 Å². The molecule has 23 heavy (non-hydrogen) atoms. The minimum Gasteiger partial charge on any atom is -0.256 e. The zero-order chi connectivity index (χ0) is 16.4. The van der Waals surface area contributed by atoms with Crippen LogP contribution in [-0.4, -0.2) is 4.98 Å². The van der Waals surface area contributed by atoms with E-state index in [1.165, 1.54) is 11.6 Å². The first-order chi connectivity index (χ1) is 11.1. The van der Waals surface area contributed by atoms with Crippen LogP contribution < -0.4 is 0 Å². The number of halogens is 1. The zero-order valence-electron chi connectivity index (χ0n) is 13.7. The molecule has 2 aromatic carbocycles. The van der Waals surface area contributed by atoms with Crippen LogP contribution >= 0.6 is 0 Å². The van der Waals surface area contributed by atoms with Crippen molar-refractivity contribution in [1.29, 1.82) is 0 Å². The highest BCUT2D eigenvalue weighted by Gasteiger charge is 2.12. The molecule has 0 N–H and O–H groups in total. The van der Waals surface area contributed by atoms with Crippen molar-refractivity contribution in [2.24, 2.45) is 0 Å². The van der Waals surface area contributed by atoms with Crippen molar-refractivity contribution in [3.63, 3.8) is 0 Å². The Morgan fingerprint density at radius 2 is 1.74 bits per heavy atom. The normalized spacial score (nSPS) is 11.0. The molecule has 0 aliphatic carbocycles. The van der Waals surface area contributed by atoms with E-state index in [4.69, 9.17) is 0 Å². The maximum absolute atomic E-state index is 13.4. The summed E-state index contributed by atoms with van der Waals surface area (Å²) in [6.45, 7) is 6.31. The summed E-state index contributed by atoms with van der Waals surface area (Å²) in [5.41, 5.74) is 6.47. The van der Waals surface area contributed by atoms with Crippen molar-refractivity contribution >= 4 is 0 Å². The summed E-state index contributed by atoms with van der Waals surface area (Å²) >= 11 is 0. The molecule has 0 aliphatic heterocycles. The van der Waals surface area contributed by atoms with E-state index in [0.29, 0.717) is 5.92 Å². The van der Waals surface area contributed by atoms with Gasteiger partial charge in [-0.25, -0.2) is 4.39 Å². The molecule has 1 aromatic heterocycles. The van der Waals surface area contributed by atoms with Crippen molar-refractivity contribution < 1.29 is 4.39 Å². The van der Waals surface area contributed by atoms with Crippen LogP contribution in [-0.2, 0) is 0 Å². The zero-order valence-corrected chi connectivity index (χ0v) is 13.7. The van der Waals surface area contributed by atoms with Gasteiger partial charge in [-0.15, -0.1) is 0 Å². The number of rotatable bonds is 3. The molecule has 116 valence electrons. The van der Waals surface area contributed by atoms with Crippen LogP contribution in [0.5, 0.6) is 0 Å². The Balaban J connectivity index is 2.18. The first kappa shape index (κ1) is 15.4. The minimum absolute atomic E-state index is 0.199. The minimum atomic E-state index is -0.199. The molecular formula is C21H20FN. The number of aromatic nitrogens is 1. The third-order valence-corrected chi connectivity index (χ3v) is 4.12. The Bertz CT molecular complexity index is 823. The van der Waals surface area contributed by atoms with Crippen LogP contribution in [0.15, 0.2) is 60.8 Å². The monoisotopic (exact) mass is 305 g/mol. The maximum Gasteiger partial charge on any atom is 0.123 e. The number of hydrogen-bond donors (Lipinski definition) is 0. The molecule has 0 saturated carbocycles. The van der Waals surface area contributed by atoms with Gasteiger partial charge in [-0.3, -0.25) is 4.98 Å². The second-order valence-corrected chi connectivity index (χ2v) is 6.13. The van der Waals surface area contributed by atoms with Crippen LogP contribution in [0.4, 0.5) is 4.39 Å². The van der Waals surface area contributed by atoms with Crippen LogP contribution in [0, 0.1) is 12.7 Å². The predicted octanol–water partition coefficient (Wildman–Crippen LogP) is 5.99. The topological polar surface area (TPSA) is 12.9 Å². The maximum atomic E-state index is 13.4. The quantitative estimate of drug-likeness (QED) is 0.579. The Morgan fingerprint density at radius 1 is 0.913 bits per heavy atom. The molecule has 3 aromatic rings. The predicted molar refractivity (Wildman–Crippen MR) is 93.9 cm³/mol. The van der Waals surface area contributed by atoms with Crippen molar-refractivity contribution in [3.05, 3.63) is 77.7 Å². The molecule has 3 rings (SSSR count). The van der Waals surface area contributed by atoms with Gasteiger partial charge < -0.3 is 0 Å². The third-order valence-electron chi connectivity index (χ3n) is 4.12. The summed E-state index contributed by atoms with van der Waals surface area (Å²) in [6.07, 6.45) is 1.81. The molecule has 0 bridgehead atoms. The van der Waals surface area contributed by atoms with E-state index >= 15 is 0 Å². The van der Waals surface area contributed by atoms with Gasteiger partial charge in [0.15, 0.2) is 0 Å². The van der Waals surface area contributed by atoms with Crippen molar-refractivity contribution in [2.75, 3.05) is 0 Å². The lowest BCUT2D eigenvalue weighted by molar-refractivity contribution is 0.627. The number of benzene rings is 2. The second-order valence-electron chi connectivity index (χ2n) is 6.13. The summed E-state index contributed by atoms with van der Waals surface area (Å²) in [5, 5.41) is 0. The van der Waals surface area contributed by atoms with Gasteiger partial charge in [0.25, 0.3) is 0 Å². The molecule has 0 radical (unpaired) electrons. The van der Waals surface area contributed by atoms with Crippen LogP contribution in [0.25, 0.3) is 22.4 Å². The first-order valence-corrected chi connectivity index (χ1v) is 7.88. The van der Waals surface area contributed by atoms with E-state index < -0.39 is 0 Å². The highest BCUT2D eigenvalue weighted by Crippen LogP contribution is 2.33. The summed E-state index contributed by atoms with van der Waals surface area (Å²) in [4.78, 5) is 4.50. The lowest BCUT2D eigenvalue weighted by Crippen LogP contribution is -1.95. The van der Waals surface area contributed by atoms with Crippen molar-refractivity contribution in [2.45, 2.75) is 26.7 Å². The first-order valence-electron chi connectivity index (χ1n) is 7.88. The average Bonchev–Trinajstić information content (AvgIpc) is 2.55. The van der Waals surface area contributed by atoms with Crippen LogP contribution in [0.3, 0.4) is 0 Å². The van der Waals surface area contributed by atoms with Gasteiger partial charge in [0.1, 0.15) is 5.82 Å². The van der Waals surface area contributed by atoms with Crippen molar-refractivity contribution in [1.82, 2.24) is 4.98 Å². The van der Waals surface area contributed by atoms with Gasteiger partial charge in [0.05, 0.1) is 5.69 Å². The van der Waals surface area contributed by atoms with E-state index in [2.05, 4.69) is 37.0 Å². The Labute approximate surface area is 136 Å². The third kappa shape index (κ3) is 3.16. The fraction of sp³-hybridized carbons (Fsp3) is 0.190.